The first-order valence-corrected chi connectivity index (χ1v) is 10.6. The zero-order valence-electron chi connectivity index (χ0n) is 17.0. The molecule has 166 valence electrons. The summed E-state index contributed by atoms with van der Waals surface area (Å²) in [5.74, 6) is -0.271. The lowest BCUT2D eigenvalue weighted by atomic mass is 9.97. The van der Waals surface area contributed by atoms with Crippen LogP contribution in [0.25, 0.3) is 11.2 Å². The van der Waals surface area contributed by atoms with Crippen molar-refractivity contribution in [3.8, 4) is 0 Å². The molecule has 0 saturated carbocycles. The van der Waals surface area contributed by atoms with Crippen LogP contribution in [0, 0.1) is 0 Å². The molecule has 4 rings (SSSR count). The normalized spacial score (nSPS) is 23.9. The van der Waals surface area contributed by atoms with Crippen molar-refractivity contribution >= 4 is 28.4 Å². The fraction of sp³-hybridized carbons (Fsp3) is 0.474. The number of ether oxygens (including phenoxy) is 1. The highest BCUT2D eigenvalue weighted by atomic mass is 32.1. The number of fused-ring (bicyclic) bond motifs is 1. The monoisotopic (exact) mass is 449 g/mol. The number of nitrogens with one attached hydrogen (secondary N) is 1. The van der Waals surface area contributed by atoms with Crippen molar-refractivity contribution in [3.63, 3.8) is 0 Å². The summed E-state index contributed by atoms with van der Waals surface area (Å²) >= 11 is 1.46. The molecule has 1 amide bonds. The molecule has 0 aromatic carbocycles. The third-order valence-electron chi connectivity index (χ3n) is 5.48. The molecule has 4 heterocycles. The first kappa shape index (κ1) is 21.4. The maximum absolute atomic E-state index is 12.3. The average Bonchev–Trinajstić information content (AvgIpc) is 3.40. The van der Waals surface area contributed by atoms with Crippen LogP contribution in [-0.2, 0) is 36.6 Å². The summed E-state index contributed by atoms with van der Waals surface area (Å²) in [7, 11) is 2.90. The van der Waals surface area contributed by atoms with E-state index in [4.69, 9.17) is 4.74 Å². The lowest BCUT2D eigenvalue weighted by Gasteiger charge is -2.38. The van der Waals surface area contributed by atoms with Gasteiger partial charge in [0.25, 0.3) is 5.56 Å². The Kier molecular flexibility index (Phi) is 5.79. The molecule has 3 aromatic heterocycles. The molecular formula is C19H23N5O6S. The molecule has 11 nitrogen and oxygen atoms in total. The molecule has 0 spiro atoms. The number of carbonyl (C=O) groups is 1. The highest BCUT2D eigenvalue weighted by molar-refractivity contribution is 7.10. The number of carbonyl (C=O) groups excluding carboxylic acids is 1. The van der Waals surface area contributed by atoms with Crippen LogP contribution in [0.4, 0.5) is 0 Å². The Balaban J connectivity index is 1.47. The number of aromatic nitrogens is 4. The molecule has 3 N–H and O–H groups in total. The van der Waals surface area contributed by atoms with Crippen LogP contribution in [0.5, 0.6) is 0 Å². The SMILES string of the molecule is Cn1c(=O)c2ncn(C[C@H]3OC[C@@H](NC(=O)Cc4cccs4)[C@H](O)[C@@H]3O)c2n(C)c1=O. The molecule has 3 aromatic rings. The minimum atomic E-state index is -1.29. The zero-order chi connectivity index (χ0) is 22.3. The Morgan fingerprint density at radius 3 is 2.77 bits per heavy atom. The van der Waals surface area contributed by atoms with Gasteiger partial charge in [0.2, 0.25) is 5.91 Å². The lowest BCUT2D eigenvalue weighted by molar-refractivity contribution is -0.158. The van der Waals surface area contributed by atoms with Gasteiger partial charge >= 0.3 is 5.69 Å². The van der Waals surface area contributed by atoms with Gasteiger partial charge in [-0.25, -0.2) is 9.78 Å². The second-order valence-corrected chi connectivity index (χ2v) is 8.59. The molecule has 1 saturated heterocycles. The van der Waals surface area contributed by atoms with Crippen molar-refractivity contribution in [1.82, 2.24) is 24.0 Å². The van der Waals surface area contributed by atoms with E-state index in [2.05, 4.69) is 10.3 Å². The Labute approximate surface area is 180 Å². The second-order valence-electron chi connectivity index (χ2n) is 7.56. The summed E-state index contributed by atoms with van der Waals surface area (Å²) in [4.78, 5) is 41.7. The second kappa shape index (κ2) is 8.38. The minimum absolute atomic E-state index is 0.00635. The van der Waals surface area contributed by atoms with Crippen molar-refractivity contribution in [2.75, 3.05) is 6.61 Å². The number of thiophene rings is 1. The van der Waals surface area contributed by atoms with E-state index in [9.17, 15) is 24.6 Å². The quantitative estimate of drug-likeness (QED) is 0.424. The number of rotatable bonds is 5. The number of aryl methyl sites for hydroxylation is 1. The van der Waals surface area contributed by atoms with Gasteiger partial charge in [-0.1, -0.05) is 6.07 Å². The van der Waals surface area contributed by atoms with Gasteiger partial charge in [-0.2, -0.15) is 0 Å². The molecule has 12 heteroatoms. The van der Waals surface area contributed by atoms with Gasteiger partial charge in [-0.15, -0.1) is 11.3 Å². The van der Waals surface area contributed by atoms with Gasteiger partial charge in [0.05, 0.1) is 31.9 Å². The summed E-state index contributed by atoms with van der Waals surface area (Å²) in [5.41, 5.74) is -0.604. The molecule has 1 fully saturated rings. The summed E-state index contributed by atoms with van der Waals surface area (Å²) < 4.78 is 9.52. The number of hydrogen-bond donors (Lipinski definition) is 3. The first-order chi connectivity index (χ1) is 14.8. The molecule has 0 bridgehead atoms. The van der Waals surface area contributed by atoms with Gasteiger partial charge in [-0.05, 0) is 11.4 Å². The van der Waals surface area contributed by atoms with Gasteiger partial charge in [0.15, 0.2) is 5.52 Å². The van der Waals surface area contributed by atoms with E-state index in [1.165, 1.54) is 40.9 Å². The zero-order valence-corrected chi connectivity index (χ0v) is 17.8. The molecule has 4 atom stereocenters. The predicted molar refractivity (Wildman–Crippen MR) is 112 cm³/mol. The maximum Gasteiger partial charge on any atom is 0.332 e. The van der Waals surface area contributed by atoms with Gasteiger partial charge in [0, 0.05) is 19.0 Å². The fourth-order valence-electron chi connectivity index (χ4n) is 3.77. The molecule has 1 aliphatic heterocycles. The van der Waals surface area contributed by atoms with Crippen LogP contribution in [0.2, 0.25) is 0 Å². The van der Waals surface area contributed by atoms with Crippen molar-refractivity contribution in [2.24, 2.45) is 14.1 Å². The molecule has 0 unspecified atom stereocenters. The number of imidazole rings is 1. The van der Waals surface area contributed by atoms with Crippen LogP contribution in [0.3, 0.4) is 0 Å². The van der Waals surface area contributed by atoms with E-state index in [1.807, 2.05) is 17.5 Å². The number of aliphatic hydroxyl groups excluding tert-OH is 2. The highest BCUT2D eigenvalue weighted by Crippen LogP contribution is 2.19. The average molecular weight is 449 g/mol. The Hall–Kier alpha value is -2.80. The first-order valence-electron chi connectivity index (χ1n) is 9.68. The summed E-state index contributed by atoms with van der Waals surface area (Å²) in [5, 5.41) is 25.7. The topological polar surface area (TPSA) is 141 Å². The van der Waals surface area contributed by atoms with E-state index in [-0.39, 0.29) is 31.0 Å². The lowest BCUT2D eigenvalue weighted by Crippen LogP contribution is -2.60. The van der Waals surface area contributed by atoms with E-state index in [0.29, 0.717) is 5.65 Å². The number of nitrogens with zero attached hydrogens (tertiary/aromatic N) is 4. The predicted octanol–water partition coefficient (Wildman–Crippen LogP) is -1.66. The van der Waals surface area contributed by atoms with E-state index in [1.54, 1.807) is 0 Å². The molecule has 0 aliphatic carbocycles. The van der Waals surface area contributed by atoms with Crippen LogP contribution >= 0.6 is 11.3 Å². The van der Waals surface area contributed by atoms with Crippen molar-refractivity contribution < 1.29 is 19.7 Å². The summed E-state index contributed by atoms with van der Waals surface area (Å²) in [6.07, 6.45) is -1.77. The van der Waals surface area contributed by atoms with Gasteiger partial charge in [0.1, 0.15) is 24.0 Å². The highest BCUT2D eigenvalue weighted by Gasteiger charge is 2.39. The molecule has 1 aliphatic rings. The van der Waals surface area contributed by atoms with E-state index < -0.39 is 35.6 Å². The van der Waals surface area contributed by atoms with Gasteiger partial charge in [-0.3, -0.25) is 18.7 Å². The smallest absolute Gasteiger partial charge is 0.332 e. The largest absolute Gasteiger partial charge is 0.388 e. The standard InChI is InChI=1S/C19H23N5O6S/c1-22-17-14(18(28)23(2)19(22)29)20-9-24(17)7-12-16(27)15(26)11(8-30-12)21-13(25)6-10-4-3-5-31-10/h3-5,9,11-12,15-16,26-27H,6-8H2,1-2H3,(H,21,25)/t11-,12-,15+,16-/m1/s1. The number of hydrogen-bond acceptors (Lipinski definition) is 8. The Bertz CT molecular complexity index is 1210. The minimum Gasteiger partial charge on any atom is -0.388 e. The van der Waals surface area contributed by atoms with Crippen LogP contribution < -0.4 is 16.6 Å². The molecular weight excluding hydrogens is 426 g/mol. The number of amides is 1. The van der Waals surface area contributed by atoms with Crippen molar-refractivity contribution in [3.05, 3.63) is 49.6 Å². The van der Waals surface area contributed by atoms with E-state index in [0.717, 1.165) is 9.44 Å². The van der Waals surface area contributed by atoms with Gasteiger partial charge < -0.3 is 24.8 Å². The third-order valence-corrected chi connectivity index (χ3v) is 6.36. The number of aliphatic hydroxyl groups is 2. The van der Waals surface area contributed by atoms with Crippen LogP contribution in [0.1, 0.15) is 4.88 Å². The maximum atomic E-state index is 12.3. The van der Waals surface area contributed by atoms with Crippen LogP contribution in [-0.4, -0.2) is 65.8 Å². The molecule has 0 radical (unpaired) electrons. The summed E-state index contributed by atoms with van der Waals surface area (Å²) in [6.45, 7) is 0.0669. The van der Waals surface area contributed by atoms with Crippen molar-refractivity contribution in [2.45, 2.75) is 37.3 Å². The fourth-order valence-corrected chi connectivity index (χ4v) is 4.47. The Morgan fingerprint density at radius 2 is 2.06 bits per heavy atom. The Morgan fingerprint density at radius 1 is 1.29 bits per heavy atom. The molecule has 31 heavy (non-hydrogen) atoms. The third kappa shape index (κ3) is 3.94. The summed E-state index contributed by atoms with van der Waals surface area (Å²) in [6, 6.07) is 2.94. The van der Waals surface area contributed by atoms with Crippen molar-refractivity contribution in [1.29, 1.82) is 0 Å². The van der Waals surface area contributed by atoms with Crippen LogP contribution in [0.15, 0.2) is 33.4 Å². The van der Waals surface area contributed by atoms with E-state index >= 15 is 0 Å².